The van der Waals surface area contributed by atoms with Crippen molar-refractivity contribution < 1.29 is 4.79 Å². The van der Waals surface area contributed by atoms with E-state index in [1.165, 1.54) is 0 Å². The summed E-state index contributed by atoms with van der Waals surface area (Å²) in [4.78, 5) is 13.5. The summed E-state index contributed by atoms with van der Waals surface area (Å²) in [6, 6.07) is 4.07. The second-order valence-electron chi connectivity index (χ2n) is 4.84. The van der Waals surface area contributed by atoms with Crippen molar-refractivity contribution in [2.75, 3.05) is 0 Å². The fourth-order valence-electron chi connectivity index (χ4n) is 1.96. The molecule has 1 aromatic rings. The molecule has 1 aromatic carbocycles. The maximum absolute atomic E-state index is 12.4. The highest BCUT2D eigenvalue weighted by atomic mass is 79.9. The Labute approximate surface area is 123 Å². The standard InChI is InChI=1S/C13H15BrOS.C2H6/c1-7-9(14)5-6-10-11(7)12(15)8(2)13(3,4)16-10;1-2/h5-6,8H,1-4H3;1-2H3. The molecule has 1 aliphatic rings. The summed E-state index contributed by atoms with van der Waals surface area (Å²) in [5.74, 6) is 0.343. The van der Waals surface area contributed by atoms with E-state index in [0.717, 1.165) is 20.5 Å². The molecule has 0 saturated heterocycles. The lowest BCUT2D eigenvalue weighted by atomic mass is 9.86. The smallest absolute Gasteiger partial charge is 0.168 e. The zero-order chi connectivity index (χ0) is 14.1. The molecule has 100 valence electrons. The minimum atomic E-state index is -0.00957. The highest BCUT2D eigenvalue weighted by Gasteiger charge is 2.39. The predicted octanol–water partition coefficient (Wildman–Crippen LogP) is 5.49. The summed E-state index contributed by atoms with van der Waals surface area (Å²) in [6.07, 6.45) is 0. The molecule has 0 fully saturated rings. The summed E-state index contributed by atoms with van der Waals surface area (Å²) in [7, 11) is 0. The predicted molar refractivity (Wildman–Crippen MR) is 83.7 cm³/mol. The third-order valence-electron chi connectivity index (χ3n) is 3.42. The second kappa shape index (κ2) is 5.79. The summed E-state index contributed by atoms with van der Waals surface area (Å²) >= 11 is 5.30. The molecule has 3 heteroatoms. The van der Waals surface area contributed by atoms with Crippen molar-refractivity contribution in [3.05, 3.63) is 27.7 Å². The van der Waals surface area contributed by atoms with E-state index in [4.69, 9.17) is 0 Å². The first-order valence-corrected chi connectivity index (χ1v) is 7.98. The number of fused-ring (bicyclic) bond motifs is 1. The Morgan fingerprint density at radius 2 is 1.83 bits per heavy atom. The van der Waals surface area contributed by atoms with Gasteiger partial charge in [0.25, 0.3) is 0 Å². The molecule has 1 nitrogen and oxygen atoms in total. The number of thioether (sulfide) groups is 1. The normalized spacial score (nSPS) is 20.8. The van der Waals surface area contributed by atoms with E-state index in [2.05, 4.69) is 29.8 Å². The van der Waals surface area contributed by atoms with Crippen LogP contribution < -0.4 is 0 Å². The van der Waals surface area contributed by atoms with E-state index in [-0.39, 0.29) is 16.4 Å². The van der Waals surface area contributed by atoms with Crippen LogP contribution in [-0.2, 0) is 0 Å². The fourth-order valence-corrected chi connectivity index (χ4v) is 3.63. The molecule has 0 spiro atoms. The molecule has 0 amide bonds. The van der Waals surface area contributed by atoms with Gasteiger partial charge in [-0.3, -0.25) is 4.79 Å². The molecule has 0 bridgehead atoms. The Morgan fingerprint density at radius 3 is 2.39 bits per heavy atom. The van der Waals surface area contributed by atoms with Crippen LogP contribution in [0.2, 0.25) is 0 Å². The van der Waals surface area contributed by atoms with E-state index in [1.54, 1.807) is 0 Å². The number of carbonyl (C=O) groups excluding carboxylic acids is 1. The van der Waals surface area contributed by atoms with E-state index in [9.17, 15) is 4.79 Å². The first kappa shape index (κ1) is 15.8. The molecule has 0 radical (unpaired) electrons. The van der Waals surface area contributed by atoms with Gasteiger partial charge < -0.3 is 0 Å². The SMILES string of the molecule is CC.Cc1c(Br)ccc2c1C(=O)C(C)C(C)(C)S2. The van der Waals surface area contributed by atoms with Gasteiger partial charge in [0, 0.05) is 25.6 Å². The minimum absolute atomic E-state index is 0.00957. The van der Waals surface area contributed by atoms with Gasteiger partial charge in [0.05, 0.1) is 0 Å². The van der Waals surface area contributed by atoms with Crippen LogP contribution in [0.4, 0.5) is 0 Å². The van der Waals surface area contributed by atoms with Crippen molar-refractivity contribution in [3.63, 3.8) is 0 Å². The minimum Gasteiger partial charge on any atom is -0.294 e. The van der Waals surface area contributed by atoms with Gasteiger partial charge in [0.15, 0.2) is 5.78 Å². The van der Waals surface area contributed by atoms with Crippen LogP contribution in [0, 0.1) is 12.8 Å². The molecule has 2 rings (SSSR count). The van der Waals surface area contributed by atoms with Crippen LogP contribution in [0.25, 0.3) is 0 Å². The molecule has 1 atom stereocenters. The maximum atomic E-state index is 12.4. The van der Waals surface area contributed by atoms with Gasteiger partial charge in [0.1, 0.15) is 0 Å². The van der Waals surface area contributed by atoms with E-state index < -0.39 is 0 Å². The van der Waals surface area contributed by atoms with Gasteiger partial charge >= 0.3 is 0 Å². The number of Topliss-reactive ketones (excluding diaryl/α,β-unsaturated/α-hetero) is 1. The van der Waals surface area contributed by atoms with Gasteiger partial charge in [-0.1, -0.05) is 36.7 Å². The summed E-state index contributed by atoms with van der Waals surface area (Å²) in [6.45, 7) is 12.3. The number of carbonyl (C=O) groups is 1. The third kappa shape index (κ3) is 2.67. The fraction of sp³-hybridized carbons (Fsp3) is 0.533. The zero-order valence-electron chi connectivity index (χ0n) is 11.9. The highest BCUT2D eigenvalue weighted by molar-refractivity contribution is 9.10. The van der Waals surface area contributed by atoms with Crippen molar-refractivity contribution in [1.29, 1.82) is 0 Å². The van der Waals surface area contributed by atoms with Crippen LogP contribution >= 0.6 is 27.7 Å². The Morgan fingerprint density at radius 1 is 1.28 bits per heavy atom. The van der Waals surface area contributed by atoms with Crippen molar-refractivity contribution in [3.8, 4) is 0 Å². The average molecular weight is 329 g/mol. The summed E-state index contributed by atoms with van der Waals surface area (Å²) < 4.78 is 1.01. The van der Waals surface area contributed by atoms with Crippen LogP contribution in [0.3, 0.4) is 0 Å². The molecule has 0 saturated carbocycles. The number of ketones is 1. The zero-order valence-corrected chi connectivity index (χ0v) is 14.3. The van der Waals surface area contributed by atoms with Crippen molar-refractivity contribution in [1.82, 2.24) is 0 Å². The van der Waals surface area contributed by atoms with Crippen LogP contribution in [0.15, 0.2) is 21.5 Å². The van der Waals surface area contributed by atoms with Gasteiger partial charge in [-0.15, -0.1) is 11.8 Å². The first-order valence-electron chi connectivity index (χ1n) is 6.37. The van der Waals surface area contributed by atoms with Crippen molar-refractivity contribution >= 4 is 33.5 Å². The molecular weight excluding hydrogens is 308 g/mol. The van der Waals surface area contributed by atoms with Crippen LogP contribution in [-0.4, -0.2) is 10.5 Å². The summed E-state index contributed by atoms with van der Waals surface area (Å²) in [5.41, 5.74) is 1.98. The molecule has 1 unspecified atom stereocenters. The molecule has 0 aromatic heterocycles. The van der Waals surface area contributed by atoms with E-state index in [0.29, 0.717) is 0 Å². The molecule has 18 heavy (non-hydrogen) atoms. The van der Waals surface area contributed by atoms with Crippen LogP contribution in [0.1, 0.15) is 50.5 Å². The summed E-state index contributed by atoms with van der Waals surface area (Å²) in [5, 5.41) is 0. The monoisotopic (exact) mass is 328 g/mol. The topological polar surface area (TPSA) is 17.1 Å². The lowest BCUT2D eigenvalue weighted by molar-refractivity contribution is 0.0903. The Kier molecular flexibility index (Phi) is 5.07. The Hall–Kier alpha value is -0.280. The van der Waals surface area contributed by atoms with Gasteiger partial charge in [-0.25, -0.2) is 0 Å². The third-order valence-corrected chi connectivity index (χ3v) is 5.72. The van der Waals surface area contributed by atoms with Crippen molar-refractivity contribution in [2.45, 2.75) is 51.2 Å². The molecule has 0 aliphatic carbocycles. The van der Waals surface area contributed by atoms with Gasteiger partial charge in [-0.05, 0) is 38.5 Å². The molecule has 1 aliphatic heterocycles. The number of hydrogen-bond acceptors (Lipinski definition) is 2. The van der Waals surface area contributed by atoms with Gasteiger partial charge in [-0.2, -0.15) is 0 Å². The second-order valence-corrected chi connectivity index (χ2v) is 7.39. The number of benzene rings is 1. The van der Waals surface area contributed by atoms with Crippen LogP contribution in [0.5, 0.6) is 0 Å². The molecule has 1 heterocycles. The number of rotatable bonds is 0. The first-order chi connectivity index (χ1) is 8.34. The Bertz CT molecular complexity index is 466. The lowest BCUT2D eigenvalue weighted by Crippen LogP contribution is -2.36. The quantitative estimate of drug-likeness (QED) is 0.626. The van der Waals surface area contributed by atoms with Gasteiger partial charge in [0.2, 0.25) is 0 Å². The number of halogens is 1. The average Bonchev–Trinajstić information content (AvgIpc) is 2.33. The molecular formula is C15H21BrOS. The highest BCUT2D eigenvalue weighted by Crippen LogP contribution is 2.47. The van der Waals surface area contributed by atoms with Crippen molar-refractivity contribution in [2.24, 2.45) is 5.92 Å². The largest absolute Gasteiger partial charge is 0.294 e. The van der Waals surface area contributed by atoms with E-state index in [1.807, 2.05) is 51.6 Å². The van der Waals surface area contributed by atoms with E-state index >= 15 is 0 Å². The number of hydrogen-bond donors (Lipinski definition) is 0. The maximum Gasteiger partial charge on any atom is 0.168 e. The molecule has 0 N–H and O–H groups in total. The lowest BCUT2D eigenvalue weighted by Gasteiger charge is -2.36. The Balaban J connectivity index is 0.000000771.